The first-order chi connectivity index (χ1) is 56.4. The maximum atomic E-state index is 6.83. The Morgan fingerprint density at radius 2 is 0.483 bits per heavy atom. The minimum atomic E-state index is -2.83. The van der Waals surface area contributed by atoms with Crippen molar-refractivity contribution in [1.82, 2.24) is 0 Å². The molecule has 17 aromatic rings. The van der Waals surface area contributed by atoms with Crippen LogP contribution in [0.15, 0.2) is 356 Å². The SMILES string of the molecule is CC1(C)c2ccccc2N(c2ccccc2-c2ccc3c(c2)[SiH-](C)(C)c2cc(-c4cccc(-c5cccc6c5C(C)(C)c5ccccc5N6c5ccccc5-c5ccc6oc7ccc(-c8ccccc8N8c9ccccc9C(C)(C)c9ccccc98)cc7c6c5)c4N4c5ccccc5C(C)(C)c5ccccc54)ccc2-3)c2ccccc21. The second-order valence-electron chi connectivity index (χ2n) is 35.4. The van der Waals surface area contributed by atoms with Gasteiger partial charge in [0.25, 0.3) is 0 Å². The van der Waals surface area contributed by atoms with Crippen LogP contribution in [0.1, 0.15) is 99.9 Å². The van der Waals surface area contributed by atoms with Crippen molar-refractivity contribution in [2.45, 2.75) is 90.1 Å². The molecule has 0 fully saturated rings. The number of fused-ring (bicyclic) bond motifs is 14. The molecule has 1 aromatic heterocycles. The predicted molar refractivity (Wildman–Crippen MR) is 492 cm³/mol. The standard InChI is InChI=1S/C110H89N4OSi/c1-107(2)83-39-14-24-49-93(83)111(94-50-25-15-40-84(94)107)90-46-21-11-33-73(90)69-59-63-101-81(65-69)82-66-70(60-64-102(82)115-101)74-34-12-23-48-92(74)113-97-53-28-20-45-89(97)110(7,8)105-79(37-32-56-100(105)113)80-38-31-36-76(106(80)114-98-54-29-18-43-87(98)109(5,6)88-44-19-30-55-99(88)114)72-58-62-78-77-61-57-71(67-103(77)116(9,10)104(78)68-72)75-35-13-22-47-91(75)112-95-51-26-16-41-85(95)108(3,4)86-42-17-27-52-96(86)112/h11-68,116H,1-10H3/q-1. The first-order valence-corrected chi connectivity index (χ1v) is 44.8. The van der Waals surface area contributed by atoms with Gasteiger partial charge >= 0.3 is 457 Å². The van der Waals surface area contributed by atoms with Crippen molar-refractivity contribution in [3.05, 3.63) is 396 Å². The van der Waals surface area contributed by atoms with Crippen LogP contribution < -0.4 is 30.0 Å². The normalized spacial score (nSPS) is 15.9. The van der Waals surface area contributed by atoms with E-state index in [4.69, 9.17) is 4.42 Å². The molecule has 0 bridgehead atoms. The Labute approximate surface area is 681 Å². The number of para-hydroxylation sites is 11. The van der Waals surface area contributed by atoms with E-state index < -0.39 is 13.5 Å². The summed E-state index contributed by atoms with van der Waals surface area (Å²) in [6.07, 6.45) is 0. The van der Waals surface area contributed by atoms with E-state index in [0.717, 1.165) is 72.6 Å². The average Bonchev–Trinajstić information content (AvgIpc) is 0.816. The van der Waals surface area contributed by atoms with Gasteiger partial charge in [-0.05, 0) is 64.7 Å². The molecule has 0 aliphatic carbocycles. The van der Waals surface area contributed by atoms with Gasteiger partial charge in [-0.1, -0.05) is 105 Å². The molecule has 16 aromatic carbocycles. The van der Waals surface area contributed by atoms with Gasteiger partial charge in [-0.2, -0.15) is 0 Å². The molecular formula is C110H89N4OSi-. The van der Waals surface area contributed by atoms with E-state index >= 15 is 0 Å². The van der Waals surface area contributed by atoms with E-state index in [9.17, 15) is 0 Å². The molecule has 6 heteroatoms. The number of rotatable bonds is 9. The van der Waals surface area contributed by atoms with Gasteiger partial charge in [-0.3, -0.25) is 0 Å². The van der Waals surface area contributed by atoms with E-state index in [1.165, 1.54) is 139 Å². The molecule has 116 heavy (non-hydrogen) atoms. The first kappa shape index (κ1) is 69.5. The molecule has 0 unspecified atom stereocenters. The monoisotopic (exact) mass is 1510 g/mol. The van der Waals surface area contributed by atoms with Crippen molar-refractivity contribution in [3.63, 3.8) is 0 Å². The van der Waals surface area contributed by atoms with Crippen molar-refractivity contribution >= 4 is 109 Å². The fraction of sp³-hybridized carbons (Fsp3) is 0.127. The molecule has 5 aliphatic rings. The van der Waals surface area contributed by atoms with Gasteiger partial charge in [-0.15, -0.1) is 0 Å². The van der Waals surface area contributed by atoms with E-state index in [0.29, 0.717) is 0 Å². The topological polar surface area (TPSA) is 26.1 Å². The Hall–Kier alpha value is -13.3. The summed E-state index contributed by atoms with van der Waals surface area (Å²) in [7, 11) is -2.83. The second kappa shape index (κ2) is 25.4. The quantitative estimate of drug-likeness (QED) is 0.134. The van der Waals surface area contributed by atoms with Gasteiger partial charge in [-0.25, -0.2) is 0 Å². The third-order valence-electron chi connectivity index (χ3n) is 27.3. The maximum absolute atomic E-state index is 6.83. The van der Waals surface area contributed by atoms with E-state index in [2.05, 4.69) is 440 Å². The molecule has 0 N–H and O–H groups in total. The van der Waals surface area contributed by atoms with Gasteiger partial charge < -0.3 is 9.32 Å². The molecule has 5 aliphatic heterocycles. The van der Waals surface area contributed by atoms with Crippen molar-refractivity contribution in [2.75, 3.05) is 19.6 Å². The second-order valence-corrected chi connectivity index (χ2v) is 40.4. The van der Waals surface area contributed by atoms with Crippen LogP contribution in [0.3, 0.4) is 0 Å². The van der Waals surface area contributed by atoms with E-state index in [-0.39, 0.29) is 16.2 Å². The van der Waals surface area contributed by atoms with Gasteiger partial charge in [0, 0.05) is 21.8 Å². The molecule has 0 amide bonds. The zero-order chi connectivity index (χ0) is 78.5. The molecule has 0 saturated carbocycles. The number of furan rings is 1. The molecule has 0 atom stereocenters. The molecule has 6 heterocycles. The molecule has 0 radical (unpaired) electrons. The predicted octanol–water partition coefficient (Wildman–Crippen LogP) is 28.9. The van der Waals surface area contributed by atoms with Crippen LogP contribution in [0.5, 0.6) is 0 Å². The summed E-state index contributed by atoms with van der Waals surface area (Å²) in [5, 5.41) is 5.13. The summed E-state index contributed by atoms with van der Waals surface area (Å²) in [5.74, 6) is 0. The van der Waals surface area contributed by atoms with Gasteiger partial charge in [0.2, 0.25) is 0 Å². The molecule has 0 spiro atoms. The van der Waals surface area contributed by atoms with Gasteiger partial charge in [0.15, 0.2) is 0 Å². The number of hydrogen-bond donors (Lipinski definition) is 0. The average molecular weight is 1510 g/mol. The van der Waals surface area contributed by atoms with Crippen molar-refractivity contribution in [2.24, 2.45) is 0 Å². The molecule has 0 saturated heterocycles. The molecular weight excluding hydrogens is 1420 g/mol. The van der Waals surface area contributed by atoms with Crippen LogP contribution in [0, 0.1) is 0 Å². The number of benzene rings is 16. The fourth-order valence-electron chi connectivity index (χ4n) is 21.5. The number of anilines is 12. The van der Waals surface area contributed by atoms with Crippen molar-refractivity contribution in [3.8, 4) is 66.8 Å². The summed E-state index contributed by atoms with van der Waals surface area (Å²) < 4.78 is 6.83. The summed E-state index contributed by atoms with van der Waals surface area (Å²) in [6.45, 7) is 24.4. The Bertz CT molecular complexity index is 6860. The summed E-state index contributed by atoms with van der Waals surface area (Å²) in [4.78, 5) is 10.2. The summed E-state index contributed by atoms with van der Waals surface area (Å²) >= 11 is 0. The summed E-state index contributed by atoms with van der Waals surface area (Å²) in [6, 6.07) is 133. The third kappa shape index (κ3) is 9.99. The number of nitrogens with zero attached hydrogens (tertiary/aromatic N) is 4. The molecule has 560 valence electrons. The minimum absolute atomic E-state index is 0.160. The van der Waals surface area contributed by atoms with Gasteiger partial charge in [0.05, 0.1) is 17.1 Å². The first-order valence-electron chi connectivity index (χ1n) is 41.3. The Balaban J connectivity index is 0.686. The number of hydrogen-bond acceptors (Lipinski definition) is 5. The zero-order valence-corrected chi connectivity index (χ0v) is 68.4. The van der Waals surface area contributed by atoms with Crippen molar-refractivity contribution < 1.29 is 4.42 Å². The van der Waals surface area contributed by atoms with E-state index in [1.54, 1.807) is 0 Å². The van der Waals surface area contributed by atoms with Crippen LogP contribution >= 0.6 is 0 Å². The Morgan fingerprint density at radius 3 is 0.871 bits per heavy atom. The Morgan fingerprint density at radius 1 is 0.216 bits per heavy atom. The fourth-order valence-corrected chi connectivity index (χ4v) is 25.1. The molecule has 22 rings (SSSR count). The third-order valence-corrected chi connectivity index (χ3v) is 31.3. The van der Waals surface area contributed by atoms with E-state index in [1.807, 2.05) is 0 Å². The van der Waals surface area contributed by atoms with Crippen LogP contribution in [0.4, 0.5) is 68.2 Å². The molecule has 5 nitrogen and oxygen atoms in total. The van der Waals surface area contributed by atoms with Crippen LogP contribution in [-0.2, 0) is 21.7 Å². The van der Waals surface area contributed by atoms with Crippen LogP contribution in [-0.4, -0.2) is 8.07 Å². The Kier molecular flexibility index (Phi) is 15.2. The van der Waals surface area contributed by atoms with Gasteiger partial charge in [0.1, 0.15) is 11.2 Å². The zero-order valence-electron chi connectivity index (χ0n) is 67.3. The van der Waals surface area contributed by atoms with Crippen LogP contribution in [0.2, 0.25) is 13.1 Å². The van der Waals surface area contributed by atoms with Crippen molar-refractivity contribution in [1.29, 1.82) is 0 Å². The van der Waals surface area contributed by atoms with Crippen LogP contribution in [0.25, 0.3) is 88.7 Å². The summed E-state index contributed by atoms with van der Waals surface area (Å²) in [5.41, 5.74) is 39.6.